The molecule has 3 saturated heterocycles. The summed E-state index contributed by atoms with van der Waals surface area (Å²) < 4.78 is 1.88. The number of pyridine rings is 1. The molecule has 0 radical (unpaired) electrons. The van der Waals surface area contributed by atoms with Crippen molar-refractivity contribution < 1.29 is 9.59 Å². The van der Waals surface area contributed by atoms with Gasteiger partial charge in [0.2, 0.25) is 5.91 Å². The lowest BCUT2D eigenvalue weighted by atomic mass is 9.60. The molecule has 30 heavy (non-hydrogen) atoms. The van der Waals surface area contributed by atoms with Crippen LogP contribution in [-0.2, 0) is 18.4 Å². The van der Waals surface area contributed by atoms with E-state index >= 15 is 0 Å². The first-order chi connectivity index (χ1) is 14.5. The van der Waals surface area contributed by atoms with Crippen LogP contribution in [0.3, 0.4) is 0 Å². The van der Waals surface area contributed by atoms with Crippen LogP contribution in [0.5, 0.6) is 0 Å². The topological polar surface area (TPSA) is 70.5 Å². The van der Waals surface area contributed by atoms with Gasteiger partial charge in [-0.25, -0.2) is 0 Å². The standard InChI is InChI=1S/C23H29N5O2/c1-26-11-3-5-19(26)20(29)28-12-7-22(8-13-28)16-27(15-18-4-2-9-24-14-18)17-23(22)6-10-25-21(23)30/h2-5,9,11,14H,6-8,10,12-13,15-17H2,1H3,(H,25,30). The molecular formula is C23H29N5O2. The predicted molar refractivity (Wildman–Crippen MR) is 113 cm³/mol. The van der Waals surface area contributed by atoms with Crippen molar-refractivity contribution in [3.8, 4) is 0 Å². The van der Waals surface area contributed by atoms with E-state index in [9.17, 15) is 9.59 Å². The van der Waals surface area contributed by atoms with E-state index < -0.39 is 0 Å². The predicted octanol–water partition coefficient (Wildman–Crippen LogP) is 1.66. The molecule has 5 rings (SSSR count). The lowest BCUT2D eigenvalue weighted by Crippen LogP contribution is -2.53. The van der Waals surface area contributed by atoms with Gasteiger partial charge in [-0.1, -0.05) is 6.07 Å². The van der Waals surface area contributed by atoms with Crippen LogP contribution in [0.4, 0.5) is 0 Å². The summed E-state index contributed by atoms with van der Waals surface area (Å²) >= 11 is 0. The van der Waals surface area contributed by atoms with Crippen molar-refractivity contribution in [2.45, 2.75) is 25.8 Å². The summed E-state index contributed by atoms with van der Waals surface area (Å²) in [6.45, 7) is 4.68. The summed E-state index contributed by atoms with van der Waals surface area (Å²) in [4.78, 5) is 34.7. The Bertz CT molecular complexity index is 948. The van der Waals surface area contributed by atoms with Gasteiger partial charge in [-0.05, 0) is 43.0 Å². The molecule has 3 aliphatic heterocycles. The van der Waals surface area contributed by atoms with Gasteiger partial charge in [0.1, 0.15) is 5.69 Å². The average molecular weight is 408 g/mol. The highest BCUT2D eigenvalue weighted by Crippen LogP contribution is 2.56. The first kappa shape index (κ1) is 19.3. The Hall–Kier alpha value is -2.67. The van der Waals surface area contributed by atoms with Crippen LogP contribution in [-0.4, -0.2) is 63.9 Å². The molecule has 2 spiro atoms. The van der Waals surface area contributed by atoms with Crippen LogP contribution in [0.15, 0.2) is 42.9 Å². The number of hydrogen-bond donors (Lipinski definition) is 1. The van der Waals surface area contributed by atoms with Crippen molar-refractivity contribution in [1.82, 2.24) is 24.7 Å². The van der Waals surface area contributed by atoms with Crippen LogP contribution in [0.25, 0.3) is 0 Å². The first-order valence-corrected chi connectivity index (χ1v) is 10.8. The average Bonchev–Trinajstić information content (AvgIpc) is 3.42. The number of nitrogens with one attached hydrogen (secondary N) is 1. The molecule has 2 aromatic heterocycles. The Morgan fingerprint density at radius 3 is 2.63 bits per heavy atom. The zero-order valence-corrected chi connectivity index (χ0v) is 17.5. The Morgan fingerprint density at radius 1 is 1.17 bits per heavy atom. The van der Waals surface area contributed by atoms with Crippen molar-refractivity contribution in [3.05, 3.63) is 54.1 Å². The van der Waals surface area contributed by atoms with Crippen LogP contribution >= 0.6 is 0 Å². The van der Waals surface area contributed by atoms with E-state index in [0.717, 1.165) is 51.1 Å². The minimum Gasteiger partial charge on any atom is -0.356 e. The van der Waals surface area contributed by atoms with Gasteiger partial charge in [-0.3, -0.25) is 19.5 Å². The van der Waals surface area contributed by atoms with E-state index in [1.54, 1.807) is 6.20 Å². The normalized spacial score (nSPS) is 25.9. The molecule has 1 atom stereocenters. The summed E-state index contributed by atoms with van der Waals surface area (Å²) in [6, 6.07) is 7.85. The quantitative estimate of drug-likeness (QED) is 0.840. The molecule has 158 valence electrons. The number of amides is 2. The first-order valence-electron chi connectivity index (χ1n) is 10.8. The molecule has 3 aliphatic rings. The molecule has 0 aliphatic carbocycles. The van der Waals surface area contributed by atoms with Crippen molar-refractivity contribution in [3.63, 3.8) is 0 Å². The van der Waals surface area contributed by atoms with E-state index in [1.807, 2.05) is 47.1 Å². The minimum absolute atomic E-state index is 0.0687. The monoisotopic (exact) mass is 407 g/mol. The summed E-state index contributed by atoms with van der Waals surface area (Å²) in [5.74, 6) is 0.297. The molecule has 1 N–H and O–H groups in total. The summed E-state index contributed by atoms with van der Waals surface area (Å²) in [6.07, 6.45) is 8.25. The van der Waals surface area contributed by atoms with E-state index in [-0.39, 0.29) is 22.6 Å². The number of likely N-dealkylation sites (tertiary alicyclic amines) is 2. The number of hydrogen-bond acceptors (Lipinski definition) is 4. The third-order valence-corrected chi connectivity index (χ3v) is 7.61. The van der Waals surface area contributed by atoms with Crippen LogP contribution in [0.1, 0.15) is 35.3 Å². The van der Waals surface area contributed by atoms with Crippen LogP contribution in [0, 0.1) is 10.8 Å². The highest BCUT2D eigenvalue weighted by molar-refractivity contribution is 5.93. The lowest BCUT2D eigenvalue weighted by Gasteiger charge is -2.46. The number of rotatable bonds is 3. The molecule has 5 heterocycles. The smallest absolute Gasteiger partial charge is 0.270 e. The summed E-state index contributed by atoms with van der Waals surface area (Å²) in [5, 5.41) is 3.11. The van der Waals surface area contributed by atoms with E-state index in [2.05, 4.69) is 21.3 Å². The molecule has 7 heteroatoms. The largest absolute Gasteiger partial charge is 0.356 e. The third-order valence-electron chi connectivity index (χ3n) is 7.61. The second-order valence-corrected chi connectivity index (χ2v) is 9.17. The highest BCUT2D eigenvalue weighted by atomic mass is 16.2. The summed E-state index contributed by atoms with van der Waals surface area (Å²) in [7, 11) is 1.91. The molecule has 2 aromatic rings. The van der Waals surface area contributed by atoms with E-state index in [4.69, 9.17) is 0 Å². The number of piperidine rings is 1. The summed E-state index contributed by atoms with van der Waals surface area (Å²) in [5.41, 5.74) is 1.50. The second kappa shape index (κ2) is 7.23. The number of aromatic nitrogens is 2. The maximum absolute atomic E-state index is 13.1. The highest BCUT2D eigenvalue weighted by Gasteiger charge is 2.63. The Balaban J connectivity index is 1.36. The third kappa shape index (κ3) is 2.95. The van der Waals surface area contributed by atoms with Gasteiger partial charge in [0.05, 0.1) is 5.41 Å². The molecule has 0 saturated carbocycles. The van der Waals surface area contributed by atoms with Gasteiger partial charge >= 0.3 is 0 Å². The molecule has 2 amide bonds. The Kier molecular flexibility index (Phi) is 4.65. The number of carbonyl (C=O) groups excluding carboxylic acids is 2. The minimum atomic E-state index is -0.338. The van der Waals surface area contributed by atoms with Crippen molar-refractivity contribution in [1.29, 1.82) is 0 Å². The van der Waals surface area contributed by atoms with Crippen molar-refractivity contribution in [2.24, 2.45) is 17.9 Å². The van der Waals surface area contributed by atoms with Gasteiger partial charge in [0, 0.05) is 70.3 Å². The fourth-order valence-electron chi connectivity index (χ4n) is 6.00. The van der Waals surface area contributed by atoms with Gasteiger partial charge in [-0.2, -0.15) is 0 Å². The number of carbonyl (C=O) groups is 2. The van der Waals surface area contributed by atoms with E-state index in [1.165, 1.54) is 5.56 Å². The van der Waals surface area contributed by atoms with Gasteiger partial charge in [0.15, 0.2) is 0 Å². The van der Waals surface area contributed by atoms with Gasteiger partial charge in [0.25, 0.3) is 5.91 Å². The van der Waals surface area contributed by atoms with Crippen LogP contribution in [0.2, 0.25) is 0 Å². The molecule has 1 unspecified atom stereocenters. The fourth-order valence-corrected chi connectivity index (χ4v) is 6.00. The number of aryl methyl sites for hydroxylation is 1. The second-order valence-electron chi connectivity index (χ2n) is 9.17. The van der Waals surface area contributed by atoms with Gasteiger partial charge < -0.3 is 14.8 Å². The number of nitrogens with zero attached hydrogens (tertiary/aromatic N) is 4. The molecule has 7 nitrogen and oxygen atoms in total. The van der Waals surface area contributed by atoms with E-state index in [0.29, 0.717) is 13.1 Å². The fraction of sp³-hybridized carbons (Fsp3) is 0.522. The molecule has 0 bridgehead atoms. The zero-order chi connectivity index (χ0) is 20.8. The van der Waals surface area contributed by atoms with Crippen molar-refractivity contribution >= 4 is 11.8 Å². The maximum Gasteiger partial charge on any atom is 0.270 e. The molecular weight excluding hydrogens is 378 g/mol. The Morgan fingerprint density at radius 2 is 2.00 bits per heavy atom. The SMILES string of the molecule is Cn1cccc1C(=O)N1CCC2(CC1)CN(Cc1cccnc1)CC21CCNC1=O. The van der Waals surface area contributed by atoms with Crippen LogP contribution < -0.4 is 5.32 Å². The number of fused-ring (bicyclic) bond motifs is 1. The zero-order valence-electron chi connectivity index (χ0n) is 17.5. The lowest BCUT2D eigenvalue weighted by molar-refractivity contribution is -0.133. The van der Waals surface area contributed by atoms with Crippen molar-refractivity contribution in [2.75, 3.05) is 32.7 Å². The molecule has 3 fully saturated rings. The van der Waals surface area contributed by atoms with Gasteiger partial charge in [-0.15, -0.1) is 0 Å². The maximum atomic E-state index is 13.1. The molecule has 0 aromatic carbocycles. The Labute approximate surface area is 177 Å².